The first-order valence-electron chi connectivity index (χ1n) is 7.46. The summed E-state index contributed by atoms with van der Waals surface area (Å²) < 4.78 is 1.37. The Morgan fingerprint density at radius 3 is 2.72 bits per heavy atom. The van der Waals surface area contributed by atoms with Crippen molar-refractivity contribution < 1.29 is 4.79 Å². The van der Waals surface area contributed by atoms with Crippen LogP contribution in [-0.4, -0.2) is 15.8 Å². The Hall–Kier alpha value is -2.41. The minimum absolute atomic E-state index is 0.326. The number of hydrogen-bond donors (Lipinski definition) is 1. The van der Waals surface area contributed by atoms with Crippen molar-refractivity contribution in [1.29, 1.82) is 0 Å². The fourth-order valence-corrected chi connectivity index (χ4v) is 4.46. The van der Waals surface area contributed by atoms with Crippen LogP contribution in [0, 0.1) is 0 Å². The highest BCUT2D eigenvalue weighted by atomic mass is 35.5. The summed E-state index contributed by atoms with van der Waals surface area (Å²) in [7, 11) is 0. The number of amides is 1. The predicted molar refractivity (Wildman–Crippen MR) is 105 cm³/mol. The molecule has 0 saturated carbocycles. The molecule has 4 aromatic rings. The molecule has 0 aliphatic rings. The maximum absolute atomic E-state index is 12.6. The molecule has 3 heterocycles. The second-order valence-corrected chi connectivity index (χ2v) is 7.68. The van der Waals surface area contributed by atoms with Crippen LogP contribution < -0.4 is 5.32 Å². The highest BCUT2D eigenvalue weighted by molar-refractivity contribution is 7.23. The molecule has 0 atom stereocenters. The summed E-state index contributed by atoms with van der Waals surface area (Å²) in [4.78, 5) is 15.9. The number of aromatic nitrogens is 2. The minimum atomic E-state index is -0.326. The minimum Gasteiger partial charge on any atom is -0.306 e. The highest BCUT2D eigenvalue weighted by Crippen LogP contribution is 2.36. The zero-order chi connectivity index (χ0) is 17.2. The maximum Gasteiger partial charge on any atom is 0.347 e. The van der Waals surface area contributed by atoms with Gasteiger partial charge in [0.25, 0.3) is 0 Å². The van der Waals surface area contributed by atoms with Gasteiger partial charge in [0.2, 0.25) is 0 Å². The van der Waals surface area contributed by atoms with Gasteiger partial charge in [0, 0.05) is 20.5 Å². The summed E-state index contributed by atoms with van der Waals surface area (Å²) in [5, 5.41) is 9.60. The average molecular weight is 386 g/mol. The largest absolute Gasteiger partial charge is 0.347 e. The standard InChI is InChI=1S/C18H12ClN3OS2/c19-12-3-1-4-13(11-12)21-18(23)22-14(8-9-20-22)15-6-7-17(25-15)16-5-2-10-24-16/h1-11H,(H,21,23). The van der Waals surface area contributed by atoms with E-state index in [4.69, 9.17) is 11.6 Å². The Kier molecular flexibility index (Phi) is 4.40. The first kappa shape index (κ1) is 16.1. The summed E-state index contributed by atoms with van der Waals surface area (Å²) in [5.41, 5.74) is 1.39. The SMILES string of the molecule is O=C(Nc1cccc(Cl)c1)n1nccc1-c1ccc(-c2cccs2)s1. The highest BCUT2D eigenvalue weighted by Gasteiger charge is 2.15. The maximum atomic E-state index is 12.6. The third kappa shape index (κ3) is 3.37. The van der Waals surface area contributed by atoms with Crippen LogP contribution >= 0.6 is 34.3 Å². The first-order chi connectivity index (χ1) is 12.2. The van der Waals surface area contributed by atoms with Crippen molar-refractivity contribution in [3.8, 4) is 20.3 Å². The molecule has 1 aromatic carbocycles. The summed E-state index contributed by atoms with van der Waals surface area (Å²) in [5.74, 6) is 0. The van der Waals surface area contributed by atoms with Crippen molar-refractivity contribution in [3.05, 3.63) is 71.2 Å². The second kappa shape index (κ2) is 6.84. The topological polar surface area (TPSA) is 46.9 Å². The Morgan fingerprint density at radius 1 is 1.04 bits per heavy atom. The number of nitrogens with zero attached hydrogens (tertiary/aromatic N) is 2. The van der Waals surface area contributed by atoms with Crippen LogP contribution in [0.25, 0.3) is 20.3 Å². The number of carbonyl (C=O) groups is 1. The van der Waals surface area contributed by atoms with Gasteiger partial charge in [-0.15, -0.1) is 22.7 Å². The molecule has 4 nitrogen and oxygen atoms in total. The molecule has 0 aliphatic carbocycles. The van der Waals surface area contributed by atoms with Gasteiger partial charge in [-0.1, -0.05) is 23.7 Å². The van der Waals surface area contributed by atoms with Crippen molar-refractivity contribution in [1.82, 2.24) is 9.78 Å². The summed E-state index contributed by atoms with van der Waals surface area (Å²) in [6, 6.07) is 16.7. The molecule has 3 aromatic heterocycles. The molecule has 4 rings (SSSR count). The first-order valence-corrected chi connectivity index (χ1v) is 9.53. The Morgan fingerprint density at radius 2 is 1.92 bits per heavy atom. The monoisotopic (exact) mass is 385 g/mol. The number of nitrogens with one attached hydrogen (secondary N) is 1. The van der Waals surface area contributed by atoms with Gasteiger partial charge in [0.05, 0.1) is 16.8 Å². The van der Waals surface area contributed by atoms with E-state index in [2.05, 4.69) is 27.9 Å². The third-order valence-electron chi connectivity index (χ3n) is 3.53. The fourth-order valence-electron chi connectivity index (χ4n) is 2.42. The van der Waals surface area contributed by atoms with Crippen LogP contribution in [0.1, 0.15) is 0 Å². The molecule has 0 spiro atoms. The molecular formula is C18H12ClN3OS2. The van der Waals surface area contributed by atoms with Crippen LogP contribution in [0.3, 0.4) is 0 Å². The Labute approximate surface area is 157 Å². The number of benzene rings is 1. The number of halogens is 1. The third-order valence-corrected chi connectivity index (χ3v) is 5.94. The molecule has 1 amide bonds. The van der Waals surface area contributed by atoms with Gasteiger partial charge in [-0.2, -0.15) is 9.78 Å². The van der Waals surface area contributed by atoms with Crippen molar-refractivity contribution in [2.75, 3.05) is 5.32 Å². The van der Waals surface area contributed by atoms with Gasteiger partial charge in [-0.3, -0.25) is 0 Å². The molecule has 124 valence electrons. The van der Waals surface area contributed by atoms with Crippen molar-refractivity contribution in [3.63, 3.8) is 0 Å². The lowest BCUT2D eigenvalue weighted by Crippen LogP contribution is -2.21. The lowest BCUT2D eigenvalue weighted by Gasteiger charge is -2.07. The molecule has 0 bridgehead atoms. The lowest BCUT2D eigenvalue weighted by atomic mass is 10.3. The van der Waals surface area contributed by atoms with Gasteiger partial charge in [0.1, 0.15) is 0 Å². The van der Waals surface area contributed by atoms with Crippen molar-refractivity contribution in [2.45, 2.75) is 0 Å². The van der Waals surface area contributed by atoms with Crippen LogP contribution in [0.4, 0.5) is 10.5 Å². The van der Waals surface area contributed by atoms with E-state index in [1.807, 2.05) is 18.2 Å². The zero-order valence-corrected chi connectivity index (χ0v) is 15.2. The molecule has 7 heteroatoms. The summed E-state index contributed by atoms with van der Waals surface area (Å²) >= 11 is 9.29. The van der Waals surface area contributed by atoms with E-state index in [1.54, 1.807) is 53.1 Å². The van der Waals surface area contributed by atoms with Gasteiger partial charge in [-0.05, 0) is 47.8 Å². The quantitative estimate of drug-likeness (QED) is 0.465. The zero-order valence-electron chi connectivity index (χ0n) is 12.8. The van der Waals surface area contributed by atoms with Gasteiger partial charge in [0.15, 0.2) is 0 Å². The number of anilines is 1. The molecule has 25 heavy (non-hydrogen) atoms. The normalized spacial score (nSPS) is 10.8. The van der Waals surface area contributed by atoms with Crippen molar-refractivity contribution in [2.24, 2.45) is 0 Å². The second-order valence-electron chi connectivity index (χ2n) is 5.21. The van der Waals surface area contributed by atoms with E-state index in [1.165, 1.54) is 14.4 Å². The van der Waals surface area contributed by atoms with Crippen LogP contribution in [0.15, 0.2) is 66.2 Å². The van der Waals surface area contributed by atoms with Crippen LogP contribution in [0.2, 0.25) is 5.02 Å². The van der Waals surface area contributed by atoms with E-state index in [-0.39, 0.29) is 6.03 Å². The number of rotatable bonds is 3. The van der Waals surface area contributed by atoms with Gasteiger partial charge >= 0.3 is 6.03 Å². The molecule has 0 saturated heterocycles. The number of thiophene rings is 2. The van der Waals surface area contributed by atoms with Gasteiger partial charge in [-0.25, -0.2) is 4.79 Å². The van der Waals surface area contributed by atoms with E-state index < -0.39 is 0 Å². The van der Waals surface area contributed by atoms with E-state index in [0.29, 0.717) is 10.7 Å². The lowest BCUT2D eigenvalue weighted by molar-refractivity contribution is 0.251. The molecule has 0 aliphatic heterocycles. The Balaban J connectivity index is 1.61. The molecular weight excluding hydrogens is 374 g/mol. The van der Waals surface area contributed by atoms with Gasteiger partial charge < -0.3 is 5.32 Å². The molecule has 0 fully saturated rings. The summed E-state index contributed by atoms with van der Waals surface area (Å²) in [6.07, 6.45) is 1.62. The average Bonchev–Trinajstić information content (AvgIpc) is 3.34. The summed E-state index contributed by atoms with van der Waals surface area (Å²) in [6.45, 7) is 0. The van der Waals surface area contributed by atoms with Crippen LogP contribution in [-0.2, 0) is 0 Å². The smallest absolute Gasteiger partial charge is 0.306 e. The van der Waals surface area contributed by atoms with Crippen LogP contribution in [0.5, 0.6) is 0 Å². The molecule has 0 radical (unpaired) electrons. The number of carbonyl (C=O) groups excluding carboxylic acids is 1. The predicted octanol–water partition coefficient (Wildman–Crippen LogP) is 6.07. The fraction of sp³-hybridized carbons (Fsp3) is 0. The number of hydrogen-bond acceptors (Lipinski definition) is 4. The Bertz CT molecular complexity index is 1020. The molecule has 0 unspecified atom stereocenters. The van der Waals surface area contributed by atoms with Crippen molar-refractivity contribution >= 4 is 46.0 Å². The van der Waals surface area contributed by atoms with E-state index in [9.17, 15) is 4.79 Å². The van der Waals surface area contributed by atoms with E-state index in [0.717, 1.165) is 10.6 Å². The van der Waals surface area contributed by atoms with E-state index >= 15 is 0 Å². The molecule has 1 N–H and O–H groups in total.